The third-order valence-electron chi connectivity index (χ3n) is 7.63. The number of hydrogen-bond acceptors (Lipinski definition) is 8. The van der Waals surface area contributed by atoms with Crippen LogP contribution in [0.25, 0.3) is 22.2 Å². The molecule has 0 aliphatic carbocycles. The summed E-state index contributed by atoms with van der Waals surface area (Å²) in [5.74, 6) is -0.935. The van der Waals surface area contributed by atoms with Crippen LogP contribution in [0.3, 0.4) is 0 Å². The number of nitrogens with one attached hydrogen (secondary N) is 1. The van der Waals surface area contributed by atoms with E-state index in [0.29, 0.717) is 29.1 Å². The lowest BCUT2D eigenvalue weighted by Crippen LogP contribution is -2.35. The van der Waals surface area contributed by atoms with E-state index >= 15 is 0 Å². The van der Waals surface area contributed by atoms with E-state index < -0.39 is 5.97 Å². The Morgan fingerprint density at radius 1 is 1.12 bits per heavy atom. The fourth-order valence-electron chi connectivity index (χ4n) is 5.21. The highest BCUT2D eigenvalue weighted by Crippen LogP contribution is 2.36. The van der Waals surface area contributed by atoms with Gasteiger partial charge in [-0.2, -0.15) is 5.26 Å². The van der Waals surface area contributed by atoms with Gasteiger partial charge >= 0.3 is 5.97 Å². The molecule has 1 saturated heterocycles. The maximum absolute atomic E-state index is 11.2. The van der Waals surface area contributed by atoms with E-state index in [1.807, 2.05) is 66.5 Å². The predicted molar refractivity (Wildman–Crippen MR) is 167 cm³/mol. The first-order valence-electron chi connectivity index (χ1n) is 13.8. The number of imidazole rings is 1. The van der Waals surface area contributed by atoms with Gasteiger partial charge < -0.3 is 15.0 Å². The molecular formula is C32H28ClN7O2S. The van der Waals surface area contributed by atoms with Gasteiger partial charge in [-0.25, -0.2) is 4.98 Å². The molecule has 0 bridgehead atoms. The molecule has 0 unspecified atom stereocenters. The van der Waals surface area contributed by atoms with E-state index in [-0.39, 0.29) is 5.92 Å². The average Bonchev–Trinajstić information content (AvgIpc) is 3.43. The minimum Gasteiger partial charge on any atom is -0.481 e. The first-order chi connectivity index (χ1) is 20.9. The van der Waals surface area contributed by atoms with E-state index in [9.17, 15) is 15.2 Å². The molecule has 0 radical (unpaired) electrons. The van der Waals surface area contributed by atoms with Gasteiger partial charge in [-0.3, -0.25) is 19.7 Å². The molecule has 5 aromatic rings. The Hall–Kier alpha value is -4.43. The Morgan fingerprint density at radius 2 is 1.95 bits per heavy atom. The number of piperidine rings is 1. The lowest BCUT2D eigenvalue weighted by molar-refractivity contribution is -0.143. The number of benzene rings is 2. The number of aliphatic carboxylic acids is 1. The molecule has 2 aromatic carbocycles. The molecular weight excluding hydrogens is 582 g/mol. The molecule has 2 N–H and O–H groups in total. The second-order valence-corrected chi connectivity index (χ2v) is 11.9. The number of hydrogen-bond donors (Lipinski definition) is 2. The zero-order chi connectivity index (χ0) is 29.9. The Balaban J connectivity index is 1.19. The summed E-state index contributed by atoms with van der Waals surface area (Å²) in [6.07, 6.45) is 8.44. The number of halogens is 1. The van der Waals surface area contributed by atoms with Crippen molar-refractivity contribution in [1.82, 2.24) is 24.4 Å². The van der Waals surface area contributed by atoms with Gasteiger partial charge in [0.1, 0.15) is 6.07 Å². The van der Waals surface area contributed by atoms with Crippen LogP contribution >= 0.6 is 23.4 Å². The molecule has 1 aliphatic heterocycles. The van der Waals surface area contributed by atoms with Crippen molar-refractivity contribution in [2.45, 2.75) is 29.4 Å². The number of carboxylic acids is 1. The number of carboxylic acid groups (broad SMARTS) is 1. The third-order valence-corrected chi connectivity index (χ3v) is 9.21. The number of carbonyl (C=O) groups is 1. The number of rotatable bonds is 8. The summed E-state index contributed by atoms with van der Waals surface area (Å²) in [4.78, 5) is 28.0. The number of nitriles is 1. The van der Waals surface area contributed by atoms with Crippen LogP contribution < -0.4 is 5.32 Å². The van der Waals surface area contributed by atoms with Gasteiger partial charge in [-0.15, -0.1) is 0 Å². The van der Waals surface area contributed by atoms with Crippen molar-refractivity contribution in [3.05, 3.63) is 89.5 Å². The van der Waals surface area contributed by atoms with Crippen LogP contribution in [0.5, 0.6) is 0 Å². The number of aromatic nitrogens is 4. The van der Waals surface area contributed by atoms with E-state index in [1.54, 1.807) is 12.4 Å². The molecule has 4 heterocycles. The molecule has 0 atom stereocenters. The fraction of sp³-hybridized carbons (Fsp3) is 0.219. The molecule has 216 valence electrons. The number of fused-ring (bicyclic) bond motifs is 1. The van der Waals surface area contributed by atoms with Crippen LogP contribution in [0.2, 0.25) is 5.02 Å². The molecule has 0 saturated carbocycles. The minimum atomic E-state index is -0.697. The Kier molecular flexibility index (Phi) is 8.29. The largest absolute Gasteiger partial charge is 0.481 e. The van der Waals surface area contributed by atoms with Gasteiger partial charge in [-0.05, 0) is 67.9 Å². The van der Waals surface area contributed by atoms with Crippen molar-refractivity contribution in [3.63, 3.8) is 0 Å². The van der Waals surface area contributed by atoms with Gasteiger partial charge in [0.2, 0.25) is 0 Å². The minimum absolute atomic E-state index is 0.238. The van der Waals surface area contributed by atoms with Gasteiger partial charge in [0.25, 0.3) is 0 Å². The summed E-state index contributed by atoms with van der Waals surface area (Å²) in [6, 6.07) is 17.9. The zero-order valence-electron chi connectivity index (χ0n) is 23.4. The van der Waals surface area contributed by atoms with Gasteiger partial charge in [-0.1, -0.05) is 35.5 Å². The van der Waals surface area contributed by atoms with E-state index in [1.165, 1.54) is 11.8 Å². The maximum Gasteiger partial charge on any atom is 0.306 e. The Morgan fingerprint density at radius 3 is 2.63 bits per heavy atom. The SMILES string of the molecule is Cn1ccnc1Sc1ccc(Nc2c(C#N)cnc3cc(-c4ccc(CN5CCC(C(=O)O)CC5)cn4)ccc23)cc1Cl. The number of aryl methyl sites for hydroxylation is 1. The predicted octanol–water partition coefficient (Wildman–Crippen LogP) is 6.75. The van der Waals surface area contributed by atoms with Gasteiger partial charge in [0, 0.05) is 59.9 Å². The second-order valence-electron chi connectivity index (χ2n) is 10.5. The first-order valence-corrected chi connectivity index (χ1v) is 15.0. The topological polar surface area (TPSA) is 120 Å². The molecule has 1 fully saturated rings. The summed E-state index contributed by atoms with van der Waals surface area (Å²) in [6.45, 7) is 2.30. The normalized spacial score (nSPS) is 14.1. The van der Waals surface area contributed by atoms with Crippen molar-refractivity contribution < 1.29 is 9.90 Å². The van der Waals surface area contributed by atoms with Crippen LogP contribution in [0, 0.1) is 17.2 Å². The van der Waals surface area contributed by atoms with Crippen LogP contribution in [0.4, 0.5) is 11.4 Å². The molecule has 43 heavy (non-hydrogen) atoms. The summed E-state index contributed by atoms with van der Waals surface area (Å²) in [7, 11) is 1.94. The molecule has 0 spiro atoms. The fourth-order valence-corrected chi connectivity index (χ4v) is 6.32. The standard InChI is InChI=1S/C32H28ClN7O2S/c1-39-13-10-35-32(39)43-29-7-4-24(15-26(29)33)38-30-23(16-34)18-37-28-14-22(3-5-25(28)30)27-6-2-20(17-36-27)19-40-11-8-21(9-12-40)31(41)42/h2-7,10,13-15,17-18,21H,8-9,11-12,19H2,1H3,(H,37,38)(H,41,42). The Bertz CT molecular complexity index is 1840. The Labute approximate surface area is 258 Å². The van der Waals surface area contributed by atoms with Crippen molar-refractivity contribution >= 4 is 51.6 Å². The third kappa shape index (κ3) is 6.34. The molecule has 3 aromatic heterocycles. The van der Waals surface area contributed by atoms with Crippen LogP contribution in [0.15, 0.2) is 83.4 Å². The summed E-state index contributed by atoms with van der Waals surface area (Å²) in [5.41, 5.74) is 5.41. The first kappa shape index (κ1) is 28.7. The van der Waals surface area contributed by atoms with Crippen molar-refractivity contribution in [1.29, 1.82) is 5.26 Å². The molecule has 6 rings (SSSR count). The summed E-state index contributed by atoms with van der Waals surface area (Å²) in [5, 5.41) is 24.7. The quantitative estimate of drug-likeness (QED) is 0.197. The summed E-state index contributed by atoms with van der Waals surface area (Å²) >= 11 is 8.11. The van der Waals surface area contributed by atoms with E-state index in [4.69, 9.17) is 16.6 Å². The second kappa shape index (κ2) is 12.4. The van der Waals surface area contributed by atoms with Crippen LogP contribution in [-0.4, -0.2) is 48.6 Å². The van der Waals surface area contributed by atoms with Crippen molar-refractivity contribution in [2.24, 2.45) is 13.0 Å². The monoisotopic (exact) mass is 609 g/mol. The molecule has 1 aliphatic rings. The zero-order valence-corrected chi connectivity index (χ0v) is 24.9. The molecule has 9 nitrogen and oxygen atoms in total. The average molecular weight is 610 g/mol. The number of likely N-dealkylation sites (tertiary alicyclic amines) is 1. The van der Waals surface area contributed by atoms with Gasteiger partial charge in [0.15, 0.2) is 5.16 Å². The highest BCUT2D eigenvalue weighted by Gasteiger charge is 2.24. The van der Waals surface area contributed by atoms with Crippen LogP contribution in [0.1, 0.15) is 24.0 Å². The lowest BCUT2D eigenvalue weighted by atomic mass is 9.97. The van der Waals surface area contributed by atoms with E-state index in [2.05, 4.69) is 32.3 Å². The maximum atomic E-state index is 11.2. The highest BCUT2D eigenvalue weighted by atomic mass is 35.5. The molecule has 11 heteroatoms. The highest BCUT2D eigenvalue weighted by molar-refractivity contribution is 7.99. The number of pyridine rings is 2. The number of anilines is 2. The van der Waals surface area contributed by atoms with Crippen molar-refractivity contribution in [2.75, 3.05) is 18.4 Å². The van der Waals surface area contributed by atoms with E-state index in [0.717, 1.165) is 63.1 Å². The molecule has 0 amide bonds. The van der Waals surface area contributed by atoms with Crippen LogP contribution in [-0.2, 0) is 18.4 Å². The summed E-state index contributed by atoms with van der Waals surface area (Å²) < 4.78 is 1.93. The smallest absolute Gasteiger partial charge is 0.306 e. The van der Waals surface area contributed by atoms with Crippen molar-refractivity contribution in [3.8, 4) is 17.3 Å². The van der Waals surface area contributed by atoms with Gasteiger partial charge in [0.05, 0.1) is 33.4 Å². The number of nitrogens with zero attached hydrogens (tertiary/aromatic N) is 6. The lowest BCUT2D eigenvalue weighted by Gasteiger charge is -2.29.